The molecule has 5 rings (SSSR count). The molecule has 1 saturated heterocycles. The van der Waals surface area contributed by atoms with E-state index in [2.05, 4.69) is 9.97 Å². The number of ether oxygens (including phenoxy) is 2. The molecule has 1 aromatic heterocycles. The number of hydrogen-bond acceptors (Lipinski definition) is 6. The number of carbonyl (C=O) groups is 1. The van der Waals surface area contributed by atoms with Gasteiger partial charge in [0.1, 0.15) is 46.6 Å². The van der Waals surface area contributed by atoms with Gasteiger partial charge in [-0.1, -0.05) is 0 Å². The standard InChI is InChI=1S/C29H27F2N3O5S/c1-29(2,3)39-28(36)34-14-19(15-34)38-24-10-7-17(11-21(24)16-5-8-20(9-6-16)40(4)37)26-32-23-13-18(30)12-22(31)25(23)27(35)33-26/h5-13,19H,14-15H2,1-4H3,(H,32,33,35). The Balaban J connectivity index is 1.49. The smallest absolute Gasteiger partial charge is 0.410 e. The second kappa shape index (κ2) is 10.5. The van der Waals surface area contributed by atoms with E-state index < -0.39 is 40.1 Å². The van der Waals surface area contributed by atoms with Gasteiger partial charge in [0.05, 0.1) is 18.6 Å². The summed E-state index contributed by atoms with van der Waals surface area (Å²) >= 11 is -1.16. The van der Waals surface area contributed by atoms with E-state index in [1.807, 2.05) is 0 Å². The van der Waals surface area contributed by atoms with Crippen molar-refractivity contribution in [1.29, 1.82) is 0 Å². The van der Waals surface area contributed by atoms with Gasteiger partial charge in [-0.2, -0.15) is 0 Å². The number of rotatable bonds is 5. The van der Waals surface area contributed by atoms with Gasteiger partial charge in [0.2, 0.25) is 0 Å². The lowest BCUT2D eigenvalue weighted by Crippen LogP contribution is -2.57. The monoisotopic (exact) mass is 567 g/mol. The van der Waals surface area contributed by atoms with E-state index in [4.69, 9.17) is 9.47 Å². The maximum absolute atomic E-state index is 14.2. The minimum Gasteiger partial charge on any atom is -0.612 e. The maximum Gasteiger partial charge on any atom is 0.410 e. The number of carbonyl (C=O) groups excluding carboxylic acids is 1. The Bertz CT molecular complexity index is 1650. The molecule has 8 nitrogen and oxygen atoms in total. The Hall–Kier alpha value is -3.96. The van der Waals surface area contributed by atoms with Crippen molar-refractivity contribution in [3.63, 3.8) is 0 Å². The van der Waals surface area contributed by atoms with Crippen LogP contribution in [-0.2, 0) is 15.9 Å². The number of aromatic amines is 1. The molecule has 4 aromatic rings. The highest BCUT2D eigenvalue weighted by Gasteiger charge is 2.35. The van der Waals surface area contributed by atoms with Crippen LogP contribution in [0.4, 0.5) is 13.6 Å². The fourth-order valence-corrected chi connectivity index (χ4v) is 4.85. The van der Waals surface area contributed by atoms with Crippen LogP contribution in [-0.4, -0.2) is 56.6 Å². The normalized spacial score (nSPS) is 14.6. The van der Waals surface area contributed by atoms with Crippen molar-refractivity contribution in [1.82, 2.24) is 14.9 Å². The van der Waals surface area contributed by atoms with Crippen LogP contribution in [0.3, 0.4) is 0 Å². The Morgan fingerprint density at radius 2 is 1.75 bits per heavy atom. The number of fused-ring (bicyclic) bond motifs is 1. The summed E-state index contributed by atoms with van der Waals surface area (Å²) in [6, 6.07) is 13.9. The predicted molar refractivity (Wildman–Crippen MR) is 148 cm³/mol. The van der Waals surface area contributed by atoms with Crippen molar-refractivity contribution in [2.24, 2.45) is 0 Å². The fraction of sp³-hybridized carbons (Fsp3) is 0.276. The maximum atomic E-state index is 14.2. The molecule has 3 aromatic carbocycles. The quantitative estimate of drug-likeness (QED) is 0.329. The number of H-pyrrole nitrogens is 1. The highest BCUT2D eigenvalue weighted by Crippen LogP contribution is 2.36. The Kier molecular flexibility index (Phi) is 7.28. The van der Waals surface area contributed by atoms with E-state index in [-0.39, 0.29) is 22.8 Å². The van der Waals surface area contributed by atoms with Crippen LogP contribution >= 0.6 is 0 Å². The molecule has 1 fully saturated rings. The number of hydrogen-bond donors (Lipinski definition) is 1. The summed E-state index contributed by atoms with van der Waals surface area (Å²) in [6.45, 7) is 6.10. The van der Waals surface area contributed by atoms with Gasteiger partial charge in [0.25, 0.3) is 5.56 Å². The van der Waals surface area contributed by atoms with Gasteiger partial charge in [-0.3, -0.25) is 4.79 Å². The van der Waals surface area contributed by atoms with E-state index >= 15 is 0 Å². The van der Waals surface area contributed by atoms with E-state index in [0.29, 0.717) is 40.9 Å². The number of likely N-dealkylation sites (tertiary alicyclic amines) is 1. The molecule has 208 valence electrons. The first kappa shape index (κ1) is 27.6. The largest absolute Gasteiger partial charge is 0.612 e. The van der Waals surface area contributed by atoms with E-state index in [0.717, 1.165) is 11.6 Å². The van der Waals surface area contributed by atoms with Gasteiger partial charge < -0.3 is 23.9 Å². The van der Waals surface area contributed by atoms with Crippen molar-refractivity contribution in [3.8, 4) is 28.3 Å². The average molecular weight is 568 g/mol. The molecule has 1 aliphatic rings. The Morgan fingerprint density at radius 3 is 2.40 bits per heavy atom. The van der Waals surface area contributed by atoms with Crippen LogP contribution in [0, 0.1) is 11.6 Å². The molecule has 1 unspecified atom stereocenters. The molecule has 2 heterocycles. The molecule has 1 amide bonds. The van der Waals surface area contributed by atoms with Crippen LogP contribution in [0.2, 0.25) is 0 Å². The van der Waals surface area contributed by atoms with E-state index in [9.17, 15) is 22.9 Å². The van der Waals surface area contributed by atoms with Crippen LogP contribution in [0.1, 0.15) is 20.8 Å². The zero-order valence-electron chi connectivity index (χ0n) is 22.3. The van der Waals surface area contributed by atoms with Crippen LogP contribution in [0.15, 0.2) is 64.3 Å². The van der Waals surface area contributed by atoms with Crippen LogP contribution in [0.5, 0.6) is 5.75 Å². The van der Waals surface area contributed by atoms with Crippen molar-refractivity contribution >= 4 is 28.2 Å². The van der Waals surface area contributed by atoms with Crippen molar-refractivity contribution in [3.05, 3.63) is 76.6 Å². The van der Waals surface area contributed by atoms with Gasteiger partial charge in [-0.15, -0.1) is 0 Å². The van der Waals surface area contributed by atoms with Gasteiger partial charge in [-0.25, -0.2) is 18.6 Å². The zero-order valence-corrected chi connectivity index (χ0v) is 23.1. The summed E-state index contributed by atoms with van der Waals surface area (Å²) in [6.07, 6.45) is 0.902. The summed E-state index contributed by atoms with van der Waals surface area (Å²) in [7, 11) is 0. The molecule has 0 aliphatic carbocycles. The molecule has 1 aliphatic heterocycles. The van der Waals surface area contributed by atoms with Gasteiger partial charge in [0, 0.05) is 23.3 Å². The fourth-order valence-electron chi connectivity index (χ4n) is 4.33. The predicted octanol–water partition coefficient (Wildman–Crippen LogP) is 5.27. The topological polar surface area (TPSA) is 108 Å². The third-order valence-corrected chi connectivity index (χ3v) is 7.21. The van der Waals surface area contributed by atoms with Crippen LogP contribution < -0.4 is 10.3 Å². The number of aromatic nitrogens is 2. The zero-order chi connectivity index (χ0) is 28.8. The summed E-state index contributed by atoms with van der Waals surface area (Å²) in [5.41, 5.74) is 0.438. The number of benzene rings is 3. The minimum absolute atomic E-state index is 0.107. The summed E-state index contributed by atoms with van der Waals surface area (Å²) in [5.74, 6) is -1.19. The summed E-state index contributed by atoms with van der Waals surface area (Å²) in [5, 5.41) is -0.326. The Morgan fingerprint density at radius 1 is 1.07 bits per heavy atom. The first-order chi connectivity index (χ1) is 18.9. The number of amides is 1. The highest BCUT2D eigenvalue weighted by atomic mass is 32.2. The second-order valence-electron chi connectivity index (χ2n) is 10.5. The SMILES string of the molecule is C[S+]([O-])c1ccc(-c2cc(-c3nc4cc(F)cc(F)c4c(=O)[nH]3)ccc2OC2CN(C(=O)OC(C)(C)C)C2)cc1. The number of nitrogens with one attached hydrogen (secondary N) is 1. The van der Waals surface area contributed by atoms with Crippen molar-refractivity contribution < 1.29 is 27.6 Å². The molecule has 0 saturated carbocycles. The minimum atomic E-state index is -1.16. The lowest BCUT2D eigenvalue weighted by atomic mass is 10.0. The first-order valence-corrected chi connectivity index (χ1v) is 14.1. The van der Waals surface area contributed by atoms with Gasteiger partial charge in [0.15, 0.2) is 4.90 Å². The van der Waals surface area contributed by atoms with Gasteiger partial charge in [-0.05, 0) is 80.0 Å². The average Bonchev–Trinajstić information content (AvgIpc) is 2.84. The molecule has 0 radical (unpaired) electrons. The molecule has 1 atom stereocenters. The van der Waals surface area contributed by atoms with Crippen molar-refractivity contribution in [2.45, 2.75) is 37.4 Å². The van der Waals surface area contributed by atoms with E-state index in [1.165, 1.54) is 0 Å². The van der Waals surface area contributed by atoms with Crippen LogP contribution in [0.25, 0.3) is 33.4 Å². The third-order valence-electron chi connectivity index (χ3n) is 6.27. The van der Waals surface area contributed by atoms with Crippen molar-refractivity contribution in [2.75, 3.05) is 19.3 Å². The molecular formula is C29H27F2N3O5S. The lowest BCUT2D eigenvalue weighted by molar-refractivity contribution is -0.0220. The summed E-state index contributed by atoms with van der Waals surface area (Å²) in [4.78, 5) is 34.0. The van der Waals surface area contributed by atoms with E-state index in [1.54, 1.807) is 74.4 Å². The number of nitrogens with zero attached hydrogens (tertiary/aromatic N) is 2. The molecule has 0 bridgehead atoms. The highest BCUT2D eigenvalue weighted by molar-refractivity contribution is 7.90. The molecule has 1 N–H and O–H groups in total. The third kappa shape index (κ3) is 5.80. The summed E-state index contributed by atoms with van der Waals surface area (Å²) < 4.78 is 51.6. The molecular weight excluding hydrogens is 540 g/mol. The molecule has 11 heteroatoms. The number of halogens is 2. The lowest BCUT2D eigenvalue weighted by Gasteiger charge is -2.39. The first-order valence-electron chi connectivity index (χ1n) is 12.5. The second-order valence-corrected chi connectivity index (χ2v) is 11.9. The molecule has 0 spiro atoms. The van der Waals surface area contributed by atoms with Gasteiger partial charge >= 0.3 is 6.09 Å². The molecule has 40 heavy (non-hydrogen) atoms. The Labute approximate surface area is 232 Å².